The molecule has 3 aliphatic heterocycles. The van der Waals surface area contributed by atoms with Gasteiger partial charge in [-0.2, -0.15) is 0 Å². The van der Waals surface area contributed by atoms with E-state index in [1.54, 1.807) is 43.4 Å². The molecule has 1 N–H and O–H groups in total. The predicted octanol–water partition coefficient (Wildman–Crippen LogP) is 3.12. The molecule has 1 atom stereocenters. The van der Waals surface area contributed by atoms with Crippen LogP contribution in [0.25, 0.3) is 16.8 Å². The van der Waals surface area contributed by atoms with Gasteiger partial charge in [0, 0.05) is 68.7 Å². The number of benzene rings is 2. The van der Waals surface area contributed by atoms with Crippen LogP contribution in [-0.4, -0.2) is 79.6 Å². The Morgan fingerprint density at radius 2 is 1.87 bits per heavy atom. The molecule has 0 saturated carbocycles. The lowest BCUT2D eigenvalue weighted by molar-refractivity contribution is -0.136. The van der Waals surface area contributed by atoms with Gasteiger partial charge < -0.3 is 19.3 Å². The largest absolute Gasteiger partial charge is 0.368 e. The number of carbonyl (C=O) groups excluding carboxylic acids is 4. The summed E-state index contributed by atoms with van der Waals surface area (Å²) in [5.74, 6) is -1.13. The van der Waals surface area contributed by atoms with E-state index < -0.39 is 11.9 Å². The fourth-order valence-electron chi connectivity index (χ4n) is 6.55. The van der Waals surface area contributed by atoms with Gasteiger partial charge in [-0.05, 0) is 43.2 Å². The van der Waals surface area contributed by atoms with Gasteiger partial charge in [-0.1, -0.05) is 35.9 Å². The molecular formula is C34H32ClN7O5. The number of imidazole rings is 1. The number of hydrogen-bond donors (Lipinski definition) is 1. The topological polar surface area (TPSA) is 129 Å². The molecule has 3 aliphatic rings. The first kappa shape index (κ1) is 30.4. The highest BCUT2D eigenvalue weighted by Gasteiger charge is 2.39. The second-order valence-corrected chi connectivity index (χ2v) is 12.3. The summed E-state index contributed by atoms with van der Waals surface area (Å²) in [6.45, 7) is 4.72. The third-order valence-corrected chi connectivity index (χ3v) is 9.45. The van der Waals surface area contributed by atoms with E-state index in [0.717, 1.165) is 22.5 Å². The van der Waals surface area contributed by atoms with E-state index in [0.29, 0.717) is 67.4 Å². The highest BCUT2D eigenvalue weighted by Crippen LogP contribution is 2.32. The number of aromatic nitrogens is 3. The molecule has 12 nitrogen and oxygen atoms in total. The van der Waals surface area contributed by atoms with Gasteiger partial charge in [0.1, 0.15) is 11.6 Å². The van der Waals surface area contributed by atoms with Crippen LogP contribution in [0, 0.1) is 0 Å². The van der Waals surface area contributed by atoms with Gasteiger partial charge in [-0.15, -0.1) is 0 Å². The maximum absolute atomic E-state index is 13.6. The summed E-state index contributed by atoms with van der Waals surface area (Å²) in [5, 5.41) is 2.65. The van der Waals surface area contributed by atoms with Crippen molar-refractivity contribution in [3.63, 3.8) is 0 Å². The number of imide groups is 1. The van der Waals surface area contributed by atoms with Gasteiger partial charge in [0.2, 0.25) is 11.8 Å². The smallest absolute Gasteiger partial charge is 0.276 e. The molecule has 240 valence electrons. The molecular weight excluding hydrogens is 622 g/mol. The number of halogens is 1. The van der Waals surface area contributed by atoms with Gasteiger partial charge in [0.05, 0.1) is 28.8 Å². The third-order valence-electron chi connectivity index (χ3n) is 9.13. The lowest BCUT2D eigenvalue weighted by Crippen LogP contribution is -2.52. The summed E-state index contributed by atoms with van der Waals surface area (Å²) in [4.78, 5) is 73.3. The molecule has 13 heteroatoms. The van der Waals surface area contributed by atoms with E-state index in [4.69, 9.17) is 11.6 Å². The third kappa shape index (κ3) is 5.48. The van der Waals surface area contributed by atoms with Crippen molar-refractivity contribution in [1.82, 2.24) is 29.1 Å². The Bertz CT molecular complexity index is 2040. The minimum Gasteiger partial charge on any atom is -0.368 e. The zero-order valence-electron chi connectivity index (χ0n) is 25.7. The van der Waals surface area contributed by atoms with Crippen molar-refractivity contribution in [1.29, 1.82) is 0 Å². The van der Waals surface area contributed by atoms with Gasteiger partial charge in [-0.3, -0.25) is 33.7 Å². The number of carbonyl (C=O) groups is 4. The van der Waals surface area contributed by atoms with E-state index >= 15 is 0 Å². The molecule has 47 heavy (non-hydrogen) atoms. The van der Waals surface area contributed by atoms with Crippen molar-refractivity contribution in [3.05, 3.63) is 99.3 Å². The highest BCUT2D eigenvalue weighted by molar-refractivity contribution is 6.34. The quantitative estimate of drug-likeness (QED) is 0.250. The Morgan fingerprint density at radius 1 is 1.06 bits per heavy atom. The molecule has 2 aromatic heterocycles. The van der Waals surface area contributed by atoms with Crippen LogP contribution in [0.4, 0.5) is 5.69 Å². The van der Waals surface area contributed by atoms with Gasteiger partial charge in [0.15, 0.2) is 0 Å². The normalized spacial score (nSPS) is 18.4. The number of piperidine rings is 1. The fourth-order valence-corrected chi connectivity index (χ4v) is 6.82. The molecule has 2 aromatic carbocycles. The summed E-state index contributed by atoms with van der Waals surface area (Å²) in [5.41, 5.74) is 4.44. The Kier molecular flexibility index (Phi) is 7.88. The number of rotatable bonds is 6. The Balaban J connectivity index is 1.04. The van der Waals surface area contributed by atoms with E-state index in [9.17, 15) is 24.0 Å². The standard InChI is InChI=1S/C34H32ClN7O5/c1-2-3-10-40-19-29(42-20-36-17-28(42)34(40)47)21-5-7-24(26(35)15-21)32(45)39-13-11-38(12-14-39)23-6-4-22-18-41(33(46)25(22)16-23)27-8-9-30(43)37-31(27)44/h2-7,15-17,19-20,27H,8-14,18H2,1H3,(H,37,43,44)/b3-2+. The first-order chi connectivity index (χ1) is 22.7. The van der Waals surface area contributed by atoms with E-state index in [1.807, 2.05) is 43.3 Å². The number of piperazine rings is 1. The maximum atomic E-state index is 13.6. The lowest BCUT2D eigenvalue weighted by atomic mass is 10.0. The van der Waals surface area contributed by atoms with Crippen LogP contribution in [0.1, 0.15) is 46.0 Å². The van der Waals surface area contributed by atoms with Crippen LogP contribution in [0.15, 0.2) is 72.1 Å². The van der Waals surface area contributed by atoms with Crippen molar-refractivity contribution < 1.29 is 19.2 Å². The average Bonchev–Trinajstić information content (AvgIpc) is 3.69. The van der Waals surface area contributed by atoms with Gasteiger partial charge >= 0.3 is 0 Å². The SMILES string of the molecule is C/C=C/Cn1cc(-c2ccc(C(=O)N3CCN(c4ccc5c(c4)C(=O)N(C4CCC(=O)NC4=O)C5)CC3)c(Cl)c2)n2cncc2c1=O. The van der Waals surface area contributed by atoms with Crippen LogP contribution in [0.2, 0.25) is 5.02 Å². The zero-order chi connectivity index (χ0) is 32.8. The van der Waals surface area contributed by atoms with E-state index in [-0.39, 0.29) is 29.7 Å². The fraction of sp³-hybridized carbons (Fsp3) is 0.294. The van der Waals surface area contributed by atoms with E-state index in [1.165, 1.54) is 6.20 Å². The van der Waals surface area contributed by atoms with Gasteiger partial charge in [0.25, 0.3) is 17.4 Å². The Morgan fingerprint density at radius 3 is 2.62 bits per heavy atom. The van der Waals surface area contributed by atoms with Crippen LogP contribution >= 0.6 is 11.6 Å². The van der Waals surface area contributed by atoms with Crippen LogP contribution < -0.4 is 15.8 Å². The maximum Gasteiger partial charge on any atom is 0.276 e. The van der Waals surface area contributed by atoms with Crippen LogP contribution in [0.3, 0.4) is 0 Å². The van der Waals surface area contributed by atoms with Crippen LogP contribution in [0.5, 0.6) is 0 Å². The molecule has 2 saturated heterocycles. The molecule has 5 heterocycles. The number of nitrogens with one attached hydrogen (secondary N) is 1. The van der Waals surface area contributed by atoms with Crippen molar-refractivity contribution in [2.75, 3.05) is 31.1 Å². The number of allylic oxidation sites excluding steroid dienone is 2. The number of amides is 4. The molecule has 0 radical (unpaired) electrons. The summed E-state index contributed by atoms with van der Waals surface area (Å²) in [6.07, 6.45) is 9.20. The lowest BCUT2D eigenvalue weighted by Gasteiger charge is -2.36. The molecule has 0 bridgehead atoms. The first-order valence-electron chi connectivity index (χ1n) is 15.5. The Labute approximate surface area is 274 Å². The molecule has 2 fully saturated rings. The van der Waals surface area contributed by atoms with Crippen molar-refractivity contribution in [2.24, 2.45) is 0 Å². The zero-order valence-corrected chi connectivity index (χ0v) is 26.4. The monoisotopic (exact) mass is 653 g/mol. The second-order valence-electron chi connectivity index (χ2n) is 11.9. The molecule has 4 amide bonds. The second kappa shape index (κ2) is 12.2. The van der Waals surface area contributed by atoms with Crippen LogP contribution in [-0.2, 0) is 22.7 Å². The van der Waals surface area contributed by atoms with Crippen molar-refractivity contribution in [3.8, 4) is 11.3 Å². The highest BCUT2D eigenvalue weighted by atomic mass is 35.5. The summed E-state index contributed by atoms with van der Waals surface area (Å²) < 4.78 is 3.34. The molecule has 7 rings (SSSR count). The van der Waals surface area contributed by atoms with E-state index in [2.05, 4.69) is 15.2 Å². The summed E-state index contributed by atoms with van der Waals surface area (Å²) in [6, 6.07) is 10.4. The number of fused-ring (bicyclic) bond motifs is 2. The van der Waals surface area contributed by atoms with Gasteiger partial charge in [-0.25, -0.2) is 4.98 Å². The van der Waals surface area contributed by atoms with Crippen molar-refractivity contribution >= 4 is 46.4 Å². The predicted molar refractivity (Wildman–Crippen MR) is 175 cm³/mol. The minimum absolute atomic E-state index is 0.151. The summed E-state index contributed by atoms with van der Waals surface area (Å²) >= 11 is 6.71. The number of anilines is 1. The average molecular weight is 654 g/mol. The van der Waals surface area contributed by atoms with Crippen molar-refractivity contribution in [2.45, 2.75) is 38.9 Å². The molecule has 0 spiro atoms. The Hall–Kier alpha value is -5.23. The summed E-state index contributed by atoms with van der Waals surface area (Å²) in [7, 11) is 0. The number of nitrogens with zero attached hydrogens (tertiary/aromatic N) is 6. The molecule has 0 aliphatic carbocycles. The number of hydrogen-bond acceptors (Lipinski definition) is 7. The molecule has 4 aromatic rings. The minimum atomic E-state index is -0.656. The first-order valence-corrected chi connectivity index (χ1v) is 15.9. The molecule has 1 unspecified atom stereocenters.